The Kier molecular flexibility index (Phi) is 4.68. The third-order valence-corrected chi connectivity index (χ3v) is 5.55. The van der Waals surface area contributed by atoms with Crippen molar-refractivity contribution in [3.8, 4) is 0 Å². The lowest BCUT2D eigenvalue weighted by Crippen LogP contribution is -2.23. The second kappa shape index (κ2) is 6.74. The summed E-state index contributed by atoms with van der Waals surface area (Å²) in [6, 6.07) is 13.9. The summed E-state index contributed by atoms with van der Waals surface area (Å²) in [4.78, 5) is 16.0. The van der Waals surface area contributed by atoms with Crippen LogP contribution in [0.5, 0.6) is 0 Å². The molecule has 1 N–H and O–H groups in total. The van der Waals surface area contributed by atoms with E-state index in [4.69, 9.17) is 4.74 Å². The first-order valence-corrected chi connectivity index (χ1v) is 9.31. The average molecular weight is 409 g/mol. The van der Waals surface area contributed by atoms with Crippen LogP contribution < -0.4 is 4.72 Å². The van der Waals surface area contributed by atoms with E-state index in [-0.39, 0.29) is 23.9 Å². The van der Waals surface area contributed by atoms with Gasteiger partial charge in [-0.1, -0.05) is 46.3 Å². The zero-order valence-electron chi connectivity index (χ0n) is 12.4. The smallest absolute Gasteiger partial charge is 0.328 e. The molecule has 124 valence electrons. The number of carbonyl (C=O) groups excluding carboxylic acids is 1. The molecule has 0 aromatic heterocycles. The Morgan fingerprint density at radius 1 is 1.12 bits per heavy atom. The van der Waals surface area contributed by atoms with Gasteiger partial charge in [0.15, 0.2) is 0 Å². The Morgan fingerprint density at radius 2 is 1.83 bits per heavy atom. The van der Waals surface area contributed by atoms with Crippen molar-refractivity contribution in [3.05, 3.63) is 64.1 Å². The number of nitrogens with zero attached hydrogens (tertiary/aromatic N) is 1. The molecule has 0 fully saturated rings. The highest BCUT2D eigenvalue weighted by Gasteiger charge is 2.30. The number of ether oxygens (including phenoxy) is 1. The molecule has 1 heterocycles. The lowest BCUT2D eigenvalue weighted by Gasteiger charge is -2.05. The van der Waals surface area contributed by atoms with Gasteiger partial charge >= 0.3 is 5.97 Å². The van der Waals surface area contributed by atoms with E-state index < -0.39 is 16.0 Å². The number of carbonyl (C=O) groups is 1. The first-order chi connectivity index (χ1) is 11.5. The van der Waals surface area contributed by atoms with Crippen molar-refractivity contribution in [2.75, 3.05) is 6.54 Å². The number of nitrogens with one attached hydrogen (secondary N) is 1. The molecule has 0 bridgehead atoms. The Balaban J connectivity index is 1.66. The molecule has 0 spiro atoms. The molecule has 2 aromatic carbocycles. The Labute approximate surface area is 147 Å². The standard InChI is InChI=1S/C16H13BrN2O4S/c17-13-7-3-1-5-11(13)10-23-15(20)9-18-16-12-6-2-4-8-14(12)24(21,22)19-16/h1-8H,9-10H2,(H,18,19). The van der Waals surface area contributed by atoms with Gasteiger partial charge in [-0.3, -0.25) is 14.5 Å². The Bertz CT molecular complexity index is 925. The summed E-state index contributed by atoms with van der Waals surface area (Å²) in [6.45, 7) is -0.149. The minimum absolute atomic E-state index is 0.118. The summed E-state index contributed by atoms with van der Waals surface area (Å²) >= 11 is 3.37. The van der Waals surface area contributed by atoms with Gasteiger partial charge < -0.3 is 4.74 Å². The molecule has 0 atom stereocenters. The minimum Gasteiger partial charge on any atom is -0.459 e. The normalized spacial score (nSPS) is 16.5. The number of fused-ring (bicyclic) bond motifs is 1. The van der Waals surface area contributed by atoms with Crippen LogP contribution in [0.15, 0.2) is 62.9 Å². The van der Waals surface area contributed by atoms with Crippen LogP contribution in [0.25, 0.3) is 0 Å². The van der Waals surface area contributed by atoms with Crippen LogP contribution in [0.4, 0.5) is 0 Å². The fourth-order valence-electron chi connectivity index (χ4n) is 2.21. The Morgan fingerprint density at radius 3 is 2.62 bits per heavy atom. The SMILES string of the molecule is O=C(CN=C1NS(=O)(=O)c2ccccc21)OCc1ccccc1Br. The number of sulfonamides is 1. The van der Waals surface area contributed by atoms with Gasteiger partial charge in [0, 0.05) is 15.6 Å². The first-order valence-electron chi connectivity index (χ1n) is 7.03. The van der Waals surface area contributed by atoms with Crippen LogP contribution in [0, 0.1) is 0 Å². The fraction of sp³-hybridized carbons (Fsp3) is 0.125. The number of aliphatic imine (C=N–C) groups is 1. The second-order valence-corrected chi connectivity index (χ2v) is 7.52. The summed E-state index contributed by atoms with van der Waals surface area (Å²) in [5, 5.41) is 0. The van der Waals surface area contributed by atoms with Gasteiger partial charge in [-0.2, -0.15) is 0 Å². The predicted molar refractivity (Wildman–Crippen MR) is 92.1 cm³/mol. The maximum Gasteiger partial charge on any atom is 0.328 e. The van der Waals surface area contributed by atoms with E-state index in [0.717, 1.165) is 10.0 Å². The molecule has 24 heavy (non-hydrogen) atoms. The van der Waals surface area contributed by atoms with Crippen molar-refractivity contribution in [2.45, 2.75) is 11.5 Å². The largest absolute Gasteiger partial charge is 0.459 e. The second-order valence-electron chi connectivity index (χ2n) is 5.02. The fourth-order valence-corrected chi connectivity index (χ4v) is 3.86. The van der Waals surface area contributed by atoms with Crippen LogP contribution in [0.2, 0.25) is 0 Å². The summed E-state index contributed by atoms with van der Waals surface area (Å²) in [5.41, 5.74) is 1.29. The maximum absolute atomic E-state index is 11.9. The van der Waals surface area contributed by atoms with Crippen LogP contribution in [0.1, 0.15) is 11.1 Å². The van der Waals surface area contributed by atoms with E-state index in [2.05, 4.69) is 25.6 Å². The van der Waals surface area contributed by atoms with Crippen LogP contribution in [-0.4, -0.2) is 26.8 Å². The van der Waals surface area contributed by atoms with E-state index in [1.165, 1.54) is 6.07 Å². The molecule has 6 nitrogen and oxygen atoms in total. The zero-order valence-corrected chi connectivity index (χ0v) is 14.8. The molecule has 2 aromatic rings. The molecule has 0 unspecified atom stereocenters. The van der Waals surface area contributed by atoms with Gasteiger partial charge in [-0.25, -0.2) is 8.42 Å². The molecule has 1 aliphatic heterocycles. The molecule has 3 rings (SSSR count). The van der Waals surface area contributed by atoms with Crippen LogP contribution in [0.3, 0.4) is 0 Å². The molecular weight excluding hydrogens is 396 g/mol. The summed E-state index contributed by atoms with van der Waals surface area (Å²) in [5.74, 6) is -0.384. The van der Waals surface area contributed by atoms with Crippen molar-refractivity contribution in [2.24, 2.45) is 4.99 Å². The summed E-state index contributed by atoms with van der Waals surface area (Å²) in [6.07, 6.45) is 0. The van der Waals surface area contributed by atoms with Gasteiger partial charge in [-0.05, 0) is 18.2 Å². The topological polar surface area (TPSA) is 84.8 Å². The van der Waals surface area contributed by atoms with Gasteiger partial charge in [-0.15, -0.1) is 0 Å². The lowest BCUT2D eigenvalue weighted by atomic mass is 10.2. The summed E-state index contributed by atoms with van der Waals surface area (Å²) < 4.78 is 32.2. The highest BCUT2D eigenvalue weighted by molar-refractivity contribution is 9.10. The molecule has 1 aliphatic rings. The number of hydrogen-bond donors (Lipinski definition) is 1. The van der Waals surface area contributed by atoms with Gasteiger partial charge in [0.25, 0.3) is 10.0 Å². The minimum atomic E-state index is -3.60. The van der Waals surface area contributed by atoms with Gasteiger partial charge in [0.1, 0.15) is 19.0 Å². The Hall–Kier alpha value is -2.19. The maximum atomic E-state index is 11.9. The lowest BCUT2D eigenvalue weighted by molar-refractivity contribution is -0.143. The van der Waals surface area contributed by atoms with Gasteiger partial charge in [0.05, 0.1) is 4.90 Å². The zero-order chi connectivity index (χ0) is 17.2. The van der Waals surface area contributed by atoms with E-state index in [1.54, 1.807) is 18.2 Å². The molecule has 0 aliphatic carbocycles. The van der Waals surface area contributed by atoms with E-state index in [1.807, 2.05) is 24.3 Å². The van der Waals surface area contributed by atoms with Crippen LogP contribution >= 0.6 is 15.9 Å². The predicted octanol–water partition coefficient (Wildman–Crippen LogP) is 2.23. The monoisotopic (exact) mass is 408 g/mol. The van der Waals surface area contributed by atoms with Gasteiger partial charge in [0.2, 0.25) is 0 Å². The molecule has 0 saturated carbocycles. The molecule has 0 radical (unpaired) electrons. The number of amidine groups is 1. The number of benzene rings is 2. The number of halogens is 1. The number of esters is 1. The third kappa shape index (κ3) is 3.49. The average Bonchev–Trinajstić information content (AvgIpc) is 2.83. The molecule has 8 heteroatoms. The van der Waals surface area contributed by atoms with E-state index in [0.29, 0.717) is 5.56 Å². The molecular formula is C16H13BrN2O4S. The highest BCUT2D eigenvalue weighted by atomic mass is 79.9. The van der Waals surface area contributed by atoms with Crippen molar-refractivity contribution in [1.82, 2.24) is 4.72 Å². The quantitative estimate of drug-likeness (QED) is 0.785. The van der Waals surface area contributed by atoms with Crippen molar-refractivity contribution < 1.29 is 17.9 Å². The number of rotatable bonds is 4. The molecule has 0 amide bonds. The first kappa shape index (κ1) is 16.7. The molecule has 0 saturated heterocycles. The summed E-state index contributed by atoms with van der Waals surface area (Å²) in [7, 11) is -3.60. The van der Waals surface area contributed by atoms with Crippen LogP contribution in [-0.2, 0) is 26.2 Å². The highest BCUT2D eigenvalue weighted by Crippen LogP contribution is 2.22. The number of hydrogen-bond acceptors (Lipinski definition) is 5. The third-order valence-electron chi connectivity index (χ3n) is 3.38. The van der Waals surface area contributed by atoms with Crippen molar-refractivity contribution in [3.63, 3.8) is 0 Å². The van der Waals surface area contributed by atoms with E-state index >= 15 is 0 Å². The van der Waals surface area contributed by atoms with Crippen molar-refractivity contribution >= 4 is 37.8 Å². The van der Waals surface area contributed by atoms with E-state index in [9.17, 15) is 13.2 Å². The van der Waals surface area contributed by atoms with Crippen molar-refractivity contribution in [1.29, 1.82) is 0 Å².